The smallest absolute Gasteiger partial charge is 0.269 e. The Morgan fingerprint density at radius 3 is 2.27 bits per heavy atom. The molecule has 2 aromatic carbocycles. The van der Waals surface area contributed by atoms with Gasteiger partial charge >= 0.3 is 0 Å². The predicted molar refractivity (Wildman–Crippen MR) is 121 cm³/mol. The second-order valence-corrected chi connectivity index (χ2v) is 7.61. The number of carbonyl (C=O) groups is 2. The lowest BCUT2D eigenvalue weighted by molar-refractivity contribution is -0.384. The minimum absolute atomic E-state index is 0.00798. The van der Waals surface area contributed by atoms with E-state index < -0.39 is 10.7 Å². The number of nitro groups is 1. The lowest BCUT2D eigenvalue weighted by Crippen LogP contribution is -2.18. The van der Waals surface area contributed by atoms with Gasteiger partial charge in [0.25, 0.3) is 5.69 Å². The molecule has 0 aliphatic rings. The van der Waals surface area contributed by atoms with Crippen molar-refractivity contribution in [2.24, 2.45) is 0 Å². The van der Waals surface area contributed by atoms with E-state index in [0.29, 0.717) is 28.9 Å². The van der Waals surface area contributed by atoms with Gasteiger partial charge in [-0.05, 0) is 36.4 Å². The number of amides is 2. The Morgan fingerprint density at radius 2 is 1.67 bits per heavy atom. The molecule has 2 N–H and O–H groups in total. The molecule has 2 amide bonds. The number of thioether (sulfide) groups is 1. The van der Waals surface area contributed by atoms with Crippen LogP contribution in [0.15, 0.2) is 66.3 Å². The van der Waals surface area contributed by atoms with Crippen LogP contribution in [0.25, 0.3) is 0 Å². The SMILES string of the molecule is C=CCn1c(CC(=O)Nc2ccc(F)cc2)nnc1SCC(=O)Nc1ccc([N+](=O)[O-])cc1. The summed E-state index contributed by atoms with van der Waals surface area (Å²) in [4.78, 5) is 34.8. The predicted octanol–water partition coefficient (Wildman–Crippen LogP) is 3.42. The highest BCUT2D eigenvalue weighted by Crippen LogP contribution is 2.20. The molecule has 1 aromatic heterocycles. The maximum atomic E-state index is 13.0. The number of non-ortho nitro benzene ring substituents is 1. The van der Waals surface area contributed by atoms with Crippen LogP contribution in [-0.2, 0) is 22.6 Å². The third kappa shape index (κ3) is 6.71. The van der Waals surface area contributed by atoms with Gasteiger partial charge in [0.05, 0.1) is 17.1 Å². The maximum absolute atomic E-state index is 13.0. The van der Waals surface area contributed by atoms with Crippen LogP contribution in [0.2, 0.25) is 0 Å². The summed E-state index contributed by atoms with van der Waals surface area (Å²) in [6.45, 7) is 4.03. The number of halogens is 1. The molecule has 170 valence electrons. The van der Waals surface area contributed by atoms with Crippen molar-refractivity contribution < 1.29 is 18.9 Å². The topological polar surface area (TPSA) is 132 Å². The molecule has 0 saturated heterocycles. The van der Waals surface area contributed by atoms with Crippen molar-refractivity contribution in [2.45, 2.75) is 18.1 Å². The number of anilines is 2. The monoisotopic (exact) mass is 470 g/mol. The van der Waals surface area contributed by atoms with E-state index in [1.54, 1.807) is 10.6 Å². The fourth-order valence-electron chi connectivity index (χ4n) is 2.74. The van der Waals surface area contributed by atoms with Gasteiger partial charge in [-0.25, -0.2) is 4.39 Å². The number of nitro benzene ring substituents is 1. The standard InChI is InChI=1S/C21H19FN6O4S/c1-2-11-27-18(12-19(29)23-15-5-3-14(22)4-6-15)25-26-21(27)33-13-20(30)24-16-7-9-17(10-8-16)28(31)32/h2-10H,1,11-13H2,(H,23,29)(H,24,30). The molecule has 12 heteroatoms. The number of hydrogen-bond acceptors (Lipinski definition) is 7. The number of carbonyl (C=O) groups excluding carboxylic acids is 2. The van der Waals surface area contributed by atoms with E-state index in [4.69, 9.17) is 0 Å². The number of benzene rings is 2. The molecule has 0 radical (unpaired) electrons. The summed E-state index contributed by atoms with van der Waals surface area (Å²) in [6.07, 6.45) is 1.54. The molecular weight excluding hydrogens is 451 g/mol. The summed E-state index contributed by atoms with van der Waals surface area (Å²) in [5.74, 6) is -0.705. The molecule has 0 aliphatic carbocycles. The second kappa shape index (κ2) is 11.0. The molecule has 0 aliphatic heterocycles. The van der Waals surface area contributed by atoms with Gasteiger partial charge < -0.3 is 15.2 Å². The van der Waals surface area contributed by atoms with Gasteiger partial charge in [-0.3, -0.25) is 19.7 Å². The highest BCUT2D eigenvalue weighted by Gasteiger charge is 2.17. The summed E-state index contributed by atoms with van der Waals surface area (Å²) >= 11 is 1.12. The zero-order valence-electron chi connectivity index (χ0n) is 17.2. The van der Waals surface area contributed by atoms with Crippen LogP contribution in [0.4, 0.5) is 21.5 Å². The second-order valence-electron chi connectivity index (χ2n) is 6.67. The Bertz CT molecular complexity index is 1160. The van der Waals surface area contributed by atoms with E-state index in [9.17, 15) is 24.1 Å². The van der Waals surface area contributed by atoms with Crippen molar-refractivity contribution >= 4 is 40.6 Å². The van der Waals surface area contributed by atoms with Crippen molar-refractivity contribution in [3.05, 3.63) is 82.9 Å². The Labute approximate surface area is 192 Å². The Kier molecular flexibility index (Phi) is 7.86. The van der Waals surface area contributed by atoms with Gasteiger partial charge in [0.1, 0.15) is 11.6 Å². The Hall–Kier alpha value is -4.06. The molecule has 0 fully saturated rings. The lowest BCUT2D eigenvalue weighted by atomic mass is 10.3. The fraction of sp³-hybridized carbons (Fsp3) is 0.143. The summed E-state index contributed by atoms with van der Waals surface area (Å²) < 4.78 is 14.7. The van der Waals surface area contributed by atoms with Crippen LogP contribution in [0.3, 0.4) is 0 Å². The molecule has 0 bridgehead atoms. The van der Waals surface area contributed by atoms with Crippen LogP contribution in [0.1, 0.15) is 5.82 Å². The average molecular weight is 470 g/mol. The summed E-state index contributed by atoms with van der Waals surface area (Å²) in [5, 5.41) is 24.5. The molecular formula is C21H19FN6O4S. The molecule has 0 spiro atoms. The summed E-state index contributed by atoms with van der Waals surface area (Å²) in [7, 11) is 0. The number of nitrogens with one attached hydrogen (secondary N) is 2. The number of nitrogens with zero attached hydrogens (tertiary/aromatic N) is 4. The lowest BCUT2D eigenvalue weighted by Gasteiger charge is -2.09. The highest BCUT2D eigenvalue weighted by molar-refractivity contribution is 7.99. The van der Waals surface area contributed by atoms with Crippen LogP contribution in [0, 0.1) is 15.9 Å². The summed E-state index contributed by atoms with van der Waals surface area (Å²) in [5.41, 5.74) is 0.807. The van der Waals surface area contributed by atoms with Crippen molar-refractivity contribution in [3.63, 3.8) is 0 Å². The van der Waals surface area contributed by atoms with Gasteiger partial charge in [-0.15, -0.1) is 16.8 Å². The zero-order valence-corrected chi connectivity index (χ0v) is 18.0. The van der Waals surface area contributed by atoms with Gasteiger partial charge in [0.2, 0.25) is 11.8 Å². The number of rotatable bonds is 10. The van der Waals surface area contributed by atoms with Crippen LogP contribution in [-0.4, -0.2) is 37.3 Å². The minimum atomic E-state index is -0.522. The third-order valence-electron chi connectivity index (χ3n) is 4.25. The van der Waals surface area contributed by atoms with Crippen LogP contribution in [0.5, 0.6) is 0 Å². The molecule has 0 unspecified atom stereocenters. The van der Waals surface area contributed by atoms with Gasteiger partial charge in [0, 0.05) is 30.1 Å². The van der Waals surface area contributed by atoms with Crippen LogP contribution >= 0.6 is 11.8 Å². The van der Waals surface area contributed by atoms with Crippen molar-refractivity contribution in [2.75, 3.05) is 16.4 Å². The molecule has 1 heterocycles. The number of allylic oxidation sites excluding steroid dienone is 1. The van der Waals surface area contributed by atoms with E-state index in [-0.39, 0.29) is 29.7 Å². The largest absolute Gasteiger partial charge is 0.326 e. The first-order valence-corrected chi connectivity index (χ1v) is 10.6. The van der Waals surface area contributed by atoms with E-state index in [2.05, 4.69) is 27.4 Å². The Morgan fingerprint density at radius 1 is 1.06 bits per heavy atom. The molecule has 3 aromatic rings. The Balaban J connectivity index is 1.59. The first-order valence-electron chi connectivity index (χ1n) is 9.61. The van der Waals surface area contributed by atoms with Gasteiger partial charge in [-0.2, -0.15) is 0 Å². The van der Waals surface area contributed by atoms with Gasteiger partial charge in [-0.1, -0.05) is 17.8 Å². The van der Waals surface area contributed by atoms with Crippen molar-refractivity contribution in [1.82, 2.24) is 14.8 Å². The van der Waals surface area contributed by atoms with Crippen LogP contribution < -0.4 is 10.6 Å². The van der Waals surface area contributed by atoms with E-state index in [1.807, 2.05) is 0 Å². The number of aromatic nitrogens is 3. The summed E-state index contributed by atoms with van der Waals surface area (Å²) in [6, 6.07) is 10.9. The zero-order chi connectivity index (χ0) is 23.8. The molecule has 0 saturated carbocycles. The van der Waals surface area contributed by atoms with E-state index in [1.165, 1.54) is 48.5 Å². The maximum Gasteiger partial charge on any atom is 0.269 e. The molecule has 10 nitrogen and oxygen atoms in total. The molecule has 0 atom stereocenters. The number of hydrogen-bond donors (Lipinski definition) is 2. The third-order valence-corrected chi connectivity index (χ3v) is 5.21. The fourth-order valence-corrected chi connectivity index (χ4v) is 3.51. The highest BCUT2D eigenvalue weighted by atomic mass is 32.2. The first kappa shape index (κ1) is 23.6. The van der Waals surface area contributed by atoms with Crippen molar-refractivity contribution in [3.8, 4) is 0 Å². The van der Waals surface area contributed by atoms with E-state index in [0.717, 1.165) is 11.8 Å². The van der Waals surface area contributed by atoms with Gasteiger partial charge in [0.15, 0.2) is 5.16 Å². The van der Waals surface area contributed by atoms with Crippen molar-refractivity contribution in [1.29, 1.82) is 0 Å². The quantitative estimate of drug-likeness (QED) is 0.201. The molecule has 3 rings (SSSR count). The molecule has 33 heavy (non-hydrogen) atoms. The van der Waals surface area contributed by atoms with E-state index >= 15 is 0 Å². The average Bonchev–Trinajstić information content (AvgIpc) is 3.15. The first-order chi connectivity index (χ1) is 15.9. The normalized spacial score (nSPS) is 10.5. The minimum Gasteiger partial charge on any atom is -0.326 e.